The smallest absolute Gasteiger partial charge is 0.223 e. The molecule has 6 heteroatoms. The van der Waals surface area contributed by atoms with Gasteiger partial charge in [-0.25, -0.2) is 9.97 Å². The van der Waals surface area contributed by atoms with E-state index in [0.29, 0.717) is 25.4 Å². The van der Waals surface area contributed by atoms with Crippen LogP contribution in [0.25, 0.3) is 11.2 Å². The molecule has 2 fully saturated rings. The Morgan fingerprint density at radius 3 is 2.74 bits per heavy atom. The fourth-order valence-corrected chi connectivity index (χ4v) is 4.67. The van der Waals surface area contributed by atoms with Crippen LogP contribution in [0.15, 0.2) is 18.3 Å². The van der Waals surface area contributed by atoms with Gasteiger partial charge in [0.25, 0.3) is 0 Å². The van der Waals surface area contributed by atoms with E-state index in [4.69, 9.17) is 4.98 Å². The molecule has 2 aromatic rings. The highest BCUT2D eigenvalue weighted by Crippen LogP contribution is 2.44. The van der Waals surface area contributed by atoms with E-state index in [9.17, 15) is 9.90 Å². The number of rotatable bonds is 6. The van der Waals surface area contributed by atoms with E-state index in [1.54, 1.807) is 4.90 Å². The third-order valence-electron chi connectivity index (χ3n) is 6.07. The third kappa shape index (κ3) is 3.72. The number of pyridine rings is 1. The van der Waals surface area contributed by atoms with Crippen molar-refractivity contribution < 1.29 is 9.90 Å². The fraction of sp³-hybridized carbons (Fsp3) is 0.667. The molecule has 1 saturated heterocycles. The summed E-state index contributed by atoms with van der Waals surface area (Å²) < 4.78 is 2.26. The maximum Gasteiger partial charge on any atom is 0.223 e. The molecule has 1 aliphatic heterocycles. The number of fused-ring (bicyclic) bond motifs is 1. The average Bonchev–Trinajstić information content (AvgIpc) is 3.17. The molecule has 27 heavy (non-hydrogen) atoms. The lowest BCUT2D eigenvalue weighted by Crippen LogP contribution is -2.54. The molecule has 3 heterocycles. The van der Waals surface area contributed by atoms with Crippen LogP contribution in [0.2, 0.25) is 0 Å². The minimum absolute atomic E-state index is 0.00622. The predicted octanol–water partition coefficient (Wildman–Crippen LogP) is 2.78. The predicted molar refractivity (Wildman–Crippen MR) is 104 cm³/mol. The number of imidazole rings is 1. The van der Waals surface area contributed by atoms with E-state index in [0.717, 1.165) is 42.8 Å². The second kappa shape index (κ2) is 7.23. The Hall–Kier alpha value is -1.95. The second-order valence-electron chi connectivity index (χ2n) is 8.89. The number of hydrogen-bond donors (Lipinski definition) is 1. The molecule has 0 spiro atoms. The number of aliphatic hydroxyl groups excluding tert-OH is 1. The maximum atomic E-state index is 12.7. The largest absolute Gasteiger partial charge is 0.389 e. The first-order valence-corrected chi connectivity index (χ1v) is 10.2. The quantitative estimate of drug-likeness (QED) is 0.849. The summed E-state index contributed by atoms with van der Waals surface area (Å²) in [6.07, 6.45) is 7.40. The Morgan fingerprint density at radius 1 is 1.33 bits per heavy atom. The molecule has 0 unspecified atom stereocenters. The number of aliphatic hydroxyl groups is 1. The lowest BCUT2D eigenvalue weighted by Gasteiger charge is -2.39. The molecular formula is C21H30N4O2. The molecule has 6 nitrogen and oxygen atoms in total. The fourth-order valence-electron chi connectivity index (χ4n) is 4.67. The lowest BCUT2D eigenvalue weighted by atomic mass is 9.78. The number of nitrogens with zero attached hydrogens (tertiary/aromatic N) is 4. The number of aromatic nitrogens is 3. The summed E-state index contributed by atoms with van der Waals surface area (Å²) in [5.41, 5.74) is 1.89. The minimum atomic E-state index is -0.338. The van der Waals surface area contributed by atoms with Crippen LogP contribution in [0.1, 0.15) is 51.8 Å². The van der Waals surface area contributed by atoms with Crippen molar-refractivity contribution in [2.75, 3.05) is 13.1 Å². The molecule has 0 bridgehead atoms. The molecule has 1 aliphatic carbocycles. The van der Waals surface area contributed by atoms with E-state index in [1.165, 1.54) is 12.8 Å². The summed E-state index contributed by atoms with van der Waals surface area (Å²) in [7, 11) is 0. The van der Waals surface area contributed by atoms with Gasteiger partial charge in [0, 0.05) is 38.7 Å². The topological polar surface area (TPSA) is 71.2 Å². The van der Waals surface area contributed by atoms with Crippen LogP contribution < -0.4 is 0 Å². The summed E-state index contributed by atoms with van der Waals surface area (Å²) in [5, 5.41) is 9.51. The molecule has 0 atom stereocenters. The van der Waals surface area contributed by atoms with Crippen molar-refractivity contribution >= 4 is 17.1 Å². The van der Waals surface area contributed by atoms with E-state index in [2.05, 4.69) is 23.4 Å². The monoisotopic (exact) mass is 370 g/mol. The van der Waals surface area contributed by atoms with Crippen LogP contribution in [0.3, 0.4) is 0 Å². The van der Waals surface area contributed by atoms with Crippen molar-refractivity contribution in [1.29, 1.82) is 0 Å². The summed E-state index contributed by atoms with van der Waals surface area (Å²) in [4.78, 5) is 24.0. The lowest BCUT2D eigenvalue weighted by molar-refractivity contribution is -0.143. The molecule has 1 saturated carbocycles. The molecule has 2 aliphatic rings. The van der Waals surface area contributed by atoms with Crippen LogP contribution in [0.5, 0.6) is 0 Å². The zero-order valence-corrected chi connectivity index (χ0v) is 16.4. The molecule has 1 N–H and O–H groups in total. The van der Waals surface area contributed by atoms with Gasteiger partial charge in [-0.3, -0.25) is 4.79 Å². The Bertz CT molecular complexity index is 817. The van der Waals surface area contributed by atoms with Crippen molar-refractivity contribution in [3.8, 4) is 0 Å². The highest BCUT2D eigenvalue weighted by molar-refractivity contribution is 5.78. The second-order valence-corrected chi connectivity index (χ2v) is 8.89. The first kappa shape index (κ1) is 18.4. The van der Waals surface area contributed by atoms with E-state index >= 15 is 0 Å². The number of carbonyl (C=O) groups is 1. The number of carbonyl (C=O) groups excluding carboxylic acids is 1. The number of β-amino-alcohol motifs (C(OH)–C–C–N with tert-alkyl or cyclic N) is 1. The molecule has 0 aromatic carbocycles. The van der Waals surface area contributed by atoms with Crippen LogP contribution in [-0.2, 0) is 17.8 Å². The van der Waals surface area contributed by atoms with Crippen LogP contribution in [0.4, 0.5) is 0 Å². The Morgan fingerprint density at radius 2 is 2.07 bits per heavy atom. The van der Waals surface area contributed by atoms with Crippen molar-refractivity contribution in [3.63, 3.8) is 0 Å². The Balaban J connectivity index is 1.60. The zero-order valence-electron chi connectivity index (χ0n) is 16.4. The summed E-state index contributed by atoms with van der Waals surface area (Å²) in [6, 6.07) is 3.96. The zero-order chi connectivity index (χ0) is 19.0. The van der Waals surface area contributed by atoms with Crippen molar-refractivity contribution in [1.82, 2.24) is 19.4 Å². The van der Waals surface area contributed by atoms with Gasteiger partial charge >= 0.3 is 0 Å². The highest BCUT2D eigenvalue weighted by Gasteiger charge is 2.40. The van der Waals surface area contributed by atoms with E-state index < -0.39 is 0 Å². The summed E-state index contributed by atoms with van der Waals surface area (Å²) in [6.45, 7) is 6.30. The maximum absolute atomic E-state index is 12.7. The minimum Gasteiger partial charge on any atom is -0.389 e. The highest BCUT2D eigenvalue weighted by atomic mass is 16.3. The van der Waals surface area contributed by atoms with Crippen molar-refractivity contribution in [2.24, 2.45) is 11.3 Å². The standard InChI is InChI=1S/C21H30N4O2/c1-15(2)12-25-18(23-17-6-5-9-22-20(17)25)10-21(7-3-4-8-21)11-19(27)24-13-16(26)14-24/h5-6,9,15-16,26H,3-4,7-8,10-14H2,1-2H3. The summed E-state index contributed by atoms with van der Waals surface area (Å²) in [5.74, 6) is 1.76. The first-order valence-electron chi connectivity index (χ1n) is 10.2. The Labute approximate surface area is 160 Å². The van der Waals surface area contributed by atoms with Gasteiger partial charge in [-0.1, -0.05) is 26.7 Å². The van der Waals surface area contributed by atoms with E-state index in [1.807, 2.05) is 18.3 Å². The van der Waals surface area contributed by atoms with Gasteiger partial charge in [0.05, 0.1) is 6.10 Å². The number of hydrogen-bond acceptors (Lipinski definition) is 4. The van der Waals surface area contributed by atoms with Gasteiger partial charge < -0.3 is 14.6 Å². The van der Waals surface area contributed by atoms with Crippen LogP contribution >= 0.6 is 0 Å². The molecule has 0 radical (unpaired) electrons. The Kier molecular flexibility index (Phi) is 4.93. The van der Waals surface area contributed by atoms with Crippen LogP contribution in [-0.4, -0.2) is 49.6 Å². The molecular weight excluding hydrogens is 340 g/mol. The van der Waals surface area contributed by atoms with Crippen LogP contribution in [0, 0.1) is 11.3 Å². The van der Waals surface area contributed by atoms with Gasteiger partial charge in [-0.15, -0.1) is 0 Å². The summed E-state index contributed by atoms with van der Waals surface area (Å²) >= 11 is 0. The number of amides is 1. The van der Waals surface area contributed by atoms with Gasteiger partial charge in [-0.05, 0) is 36.3 Å². The molecule has 2 aromatic heterocycles. The average molecular weight is 370 g/mol. The molecule has 146 valence electrons. The van der Waals surface area contributed by atoms with Crippen molar-refractivity contribution in [3.05, 3.63) is 24.2 Å². The first-order chi connectivity index (χ1) is 13.0. The van der Waals surface area contributed by atoms with Gasteiger partial charge in [0.1, 0.15) is 11.3 Å². The molecule has 4 rings (SSSR count). The third-order valence-corrected chi connectivity index (χ3v) is 6.07. The molecule has 1 amide bonds. The van der Waals surface area contributed by atoms with Gasteiger partial charge in [0.15, 0.2) is 5.65 Å². The van der Waals surface area contributed by atoms with Crippen molar-refractivity contribution in [2.45, 2.75) is 65.0 Å². The van der Waals surface area contributed by atoms with E-state index in [-0.39, 0.29) is 17.4 Å². The normalized spacial score (nSPS) is 19.8. The number of likely N-dealkylation sites (tertiary alicyclic amines) is 1. The van der Waals surface area contributed by atoms with Gasteiger partial charge in [0.2, 0.25) is 5.91 Å². The van der Waals surface area contributed by atoms with Gasteiger partial charge in [-0.2, -0.15) is 0 Å². The SMILES string of the molecule is CC(C)Cn1c(CC2(CC(=O)N3CC(O)C3)CCCC2)nc2cccnc21.